The molecule has 2 aromatic carbocycles. The van der Waals surface area contributed by atoms with E-state index in [1.165, 1.54) is 5.56 Å². The molecule has 0 saturated carbocycles. The number of nitrogens with one attached hydrogen (secondary N) is 2. The van der Waals surface area contributed by atoms with Crippen LogP contribution < -0.4 is 10.6 Å². The van der Waals surface area contributed by atoms with Gasteiger partial charge in [0.15, 0.2) is 11.6 Å². The molecule has 0 unspecified atom stereocenters. The van der Waals surface area contributed by atoms with Crippen LogP contribution in [-0.4, -0.2) is 37.7 Å². The monoisotopic (exact) mass is 408 g/mol. The number of hydrogen-bond acceptors (Lipinski definition) is 4. The van der Waals surface area contributed by atoms with Gasteiger partial charge in [0.1, 0.15) is 0 Å². The molecule has 2 saturated heterocycles. The van der Waals surface area contributed by atoms with Gasteiger partial charge in [-0.3, -0.25) is 9.59 Å². The van der Waals surface area contributed by atoms with Gasteiger partial charge in [-0.1, -0.05) is 67.6 Å². The van der Waals surface area contributed by atoms with E-state index < -0.39 is 0 Å². The first-order chi connectivity index (χ1) is 14.1. The van der Waals surface area contributed by atoms with Gasteiger partial charge in [-0.2, -0.15) is 0 Å². The lowest BCUT2D eigenvalue weighted by Crippen LogP contribution is -2.31. The summed E-state index contributed by atoms with van der Waals surface area (Å²) in [5, 5.41) is 6.55. The molecule has 4 heteroatoms. The summed E-state index contributed by atoms with van der Waals surface area (Å²) in [7, 11) is 0. The highest BCUT2D eigenvalue weighted by Gasteiger charge is 2.22. The molecule has 2 aliphatic rings. The van der Waals surface area contributed by atoms with Crippen LogP contribution in [0.1, 0.15) is 59.4 Å². The minimum atomic E-state index is 0. The summed E-state index contributed by atoms with van der Waals surface area (Å²) < 4.78 is 0. The molecule has 4 nitrogen and oxygen atoms in total. The zero-order valence-electron chi connectivity index (χ0n) is 17.3. The number of benzene rings is 2. The Morgan fingerprint density at radius 2 is 1.07 bits per heavy atom. The summed E-state index contributed by atoms with van der Waals surface area (Å²) in [6.45, 7) is 5.94. The summed E-state index contributed by atoms with van der Waals surface area (Å²) in [6.07, 6.45) is 3.92. The number of Topliss-reactive ketones (excluding diaryl/α,β-unsaturated/α-hetero) is 2. The lowest BCUT2D eigenvalue weighted by atomic mass is 9.89. The van der Waals surface area contributed by atoms with Crippen molar-refractivity contribution in [3.05, 3.63) is 71.3 Å². The third kappa shape index (κ3) is 6.89. The highest BCUT2D eigenvalue weighted by molar-refractivity contribution is 5.98. The second-order valence-electron chi connectivity index (χ2n) is 8.01. The molecule has 30 heavy (non-hydrogen) atoms. The molecule has 0 radical (unpaired) electrons. The van der Waals surface area contributed by atoms with Crippen molar-refractivity contribution in [2.24, 2.45) is 11.8 Å². The fraction of sp³-hybridized carbons (Fsp3) is 0.462. The number of rotatable bonds is 4. The van der Waals surface area contributed by atoms with Gasteiger partial charge in [-0.15, -0.1) is 0 Å². The van der Waals surface area contributed by atoms with Crippen molar-refractivity contribution < 1.29 is 9.59 Å². The topological polar surface area (TPSA) is 58.2 Å². The number of hydrogen-bond donors (Lipinski definition) is 2. The van der Waals surface area contributed by atoms with Gasteiger partial charge in [0, 0.05) is 23.0 Å². The second kappa shape index (κ2) is 12.4. The molecule has 2 heterocycles. The van der Waals surface area contributed by atoms with Crippen molar-refractivity contribution in [2.45, 2.75) is 40.0 Å². The maximum Gasteiger partial charge on any atom is 0.166 e. The zero-order chi connectivity index (χ0) is 20.5. The number of aryl methyl sites for hydroxylation is 1. The average molecular weight is 409 g/mol. The van der Waals surface area contributed by atoms with Crippen LogP contribution in [0.25, 0.3) is 0 Å². The first-order valence-electron chi connectivity index (χ1n) is 10.8. The standard InChI is InChI=1S/C13H17NO.C12H15NO.CH4/c1-10-2-4-11(5-3-10)13(15)12-6-8-14-9-7-12;14-12(10-4-2-1-3-5-10)11-6-8-13-9-7-11;/h2-5,12,14H,6-9H2,1H3;1-5,11,13H,6-9H2;1H4. The Balaban J connectivity index is 0.000000207. The molecule has 162 valence electrons. The molecule has 0 atom stereocenters. The Morgan fingerprint density at radius 1 is 0.667 bits per heavy atom. The zero-order valence-corrected chi connectivity index (χ0v) is 17.3. The van der Waals surface area contributed by atoms with Crippen molar-refractivity contribution in [2.75, 3.05) is 26.2 Å². The quantitative estimate of drug-likeness (QED) is 0.721. The second-order valence-corrected chi connectivity index (χ2v) is 8.01. The third-order valence-electron chi connectivity index (χ3n) is 5.81. The van der Waals surface area contributed by atoms with E-state index in [9.17, 15) is 9.59 Å². The lowest BCUT2D eigenvalue weighted by Gasteiger charge is -2.21. The molecule has 0 aromatic heterocycles. The number of piperidine rings is 2. The smallest absolute Gasteiger partial charge is 0.166 e. The molecule has 4 rings (SSSR count). The molecular weight excluding hydrogens is 372 g/mol. The Hall–Kier alpha value is -2.30. The van der Waals surface area contributed by atoms with Crippen LogP contribution >= 0.6 is 0 Å². The first kappa shape index (κ1) is 24.0. The fourth-order valence-electron chi connectivity index (χ4n) is 3.96. The Bertz CT molecular complexity index is 774. The minimum absolute atomic E-state index is 0. The Kier molecular flexibility index (Phi) is 9.92. The Morgan fingerprint density at radius 3 is 1.50 bits per heavy atom. The maximum absolute atomic E-state index is 12.1. The number of carbonyl (C=O) groups excluding carboxylic acids is 2. The number of carbonyl (C=O) groups is 2. The minimum Gasteiger partial charge on any atom is -0.317 e. The van der Waals surface area contributed by atoms with Gasteiger partial charge < -0.3 is 10.6 Å². The van der Waals surface area contributed by atoms with E-state index in [4.69, 9.17) is 0 Å². The third-order valence-corrected chi connectivity index (χ3v) is 5.81. The van der Waals surface area contributed by atoms with E-state index in [-0.39, 0.29) is 19.3 Å². The van der Waals surface area contributed by atoms with E-state index in [1.54, 1.807) is 0 Å². The molecule has 2 fully saturated rings. The first-order valence-corrected chi connectivity index (χ1v) is 10.8. The van der Waals surface area contributed by atoms with Gasteiger partial charge in [0.25, 0.3) is 0 Å². The predicted octanol–water partition coefficient (Wildman–Crippen LogP) is 4.68. The summed E-state index contributed by atoms with van der Waals surface area (Å²) in [5.41, 5.74) is 2.93. The van der Waals surface area contributed by atoms with Crippen LogP contribution in [0.3, 0.4) is 0 Å². The number of ketones is 2. The molecule has 2 N–H and O–H groups in total. The summed E-state index contributed by atoms with van der Waals surface area (Å²) >= 11 is 0. The van der Waals surface area contributed by atoms with Crippen LogP contribution in [0.2, 0.25) is 0 Å². The van der Waals surface area contributed by atoms with Gasteiger partial charge in [-0.05, 0) is 58.8 Å². The summed E-state index contributed by atoms with van der Waals surface area (Å²) in [5.74, 6) is 1.09. The van der Waals surface area contributed by atoms with Crippen molar-refractivity contribution in [3.8, 4) is 0 Å². The highest BCUT2D eigenvalue weighted by Crippen LogP contribution is 2.19. The van der Waals surface area contributed by atoms with E-state index in [1.807, 2.05) is 61.5 Å². The van der Waals surface area contributed by atoms with E-state index in [2.05, 4.69) is 10.6 Å². The highest BCUT2D eigenvalue weighted by atomic mass is 16.1. The molecule has 2 aromatic rings. The van der Waals surface area contributed by atoms with Crippen molar-refractivity contribution in [3.63, 3.8) is 0 Å². The Labute approximate surface area is 181 Å². The van der Waals surface area contributed by atoms with Crippen LogP contribution in [-0.2, 0) is 0 Å². The maximum atomic E-state index is 12.1. The van der Waals surface area contributed by atoms with Gasteiger partial charge in [0.05, 0.1) is 0 Å². The van der Waals surface area contributed by atoms with Crippen molar-refractivity contribution >= 4 is 11.6 Å². The molecular formula is C26H36N2O2. The average Bonchev–Trinajstić information content (AvgIpc) is 2.81. The summed E-state index contributed by atoms with van der Waals surface area (Å²) in [6, 6.07) is 17.5. The molecule has 0 aliphatic carbocycles. The van der Waals surface area contributed by atoms with Gasteiger partial charge in [-0.25, -0.2) is 0 Å². The van der Waals surface area contributed by atoms with Crippen LogP contribution in [0.4, 0.5) is 0 Å². The van der Waals surface area contributed by atoms with Crippen LogP contribution in [0.5, 0.6) is 0 Å². The molecule has 2 aliphatic heterocycles. The SMILES string of the molecule is C.Cc1ccc(C(=O)C2CCNCC2)cc1.O=C(c1ccccc1)C1CCNCC1. The fourth-order valence-corrected chi connectivity index (χ4v) is 3.96. The van der Waals surface area contributed by atoms with E-state index in [0.29, 0.717) is 11.6 Å². The van der Waals surface area contributed by atoms with Gasteiger partial charge in [0.2, 0.25) is 0 Å². The molecule has 0 amide bonds. The predicted molar refractivity (Wildman–Crippen MR) is 124 cm³/mol. The summed E-state index contributed by atoms with van der Waals surface area (Å²) in [4.78, 5) is 24.1. The van der Waals surface area contributed by atoms with Crippen molar-refractivity contribution in [1.29, 1.82) is 0 Å². The molecule has 0 spiro atoms. The van der Waals surface area contributed by atoms with E-state index in [0.717, 1.165) is 63.0 Å². The molecule has 0 bridgehead atoms. The van der Waals surface area contributed by atoms with Crippen LogP contribution in [0, 0.1) is 18.8 Å². The lowest BCUT2D eigenvalue weighted by molar-refractivity contribution is 0.0888. The van der Waals surface area contributed by atoms with Gasteiger partial charge >= 0.3 is 0 Å². The van der Waals surface area contributed by atoms with Crippen molar-refractivity contribution in [1.82, 2.24) is 10.6 Å². The largest absolute Gasteiger partial charge is 0.317 e. The van der Waals surface area contributed by atoms with E-state index >= 15 is 0 Å². The normalized spacial score (nSPS) is 17.2. The van der Waals surface area contributed by atoms with Crippen LogP contribution in [0.15, 0.2) is 54.6 Å².